The fourth-order valence-electron chi connectivity index (χ4n) is 3.41. The molecule has 0 aliphatic heterocycles. The largest absolute Gasteiger partial charge is 0.507 e. The number of phenolic OH excluding ortho intramolecular Hbond substituents is 1. The van der Waals surface area contributed by atoms with Gasteiger partial charge in [-0.25, -0.2) is 4.79 Å². The summed E-state index contributed by atoms with van der Waals surface area (Å²) >= 11 is 0. The summed E-state index contributed by atoms with van der Waals surface area (Å²) in [6.07, 6.45) is -0.716. The third-order valence-corrected chi connectivity index (χ3v) is 4.48. The molecule has 0 radical (unpaired) electrons. The molecule has 1 unspecified atom stereocenters. The number of aliphatic carboxylic acids is 1. The van der Waals surface area contributed by atoms with Gasteiger partial charge in [0.25, 0.3) is 0 Å². The maximum Gasteiger partial charge on any atom is 0.332 e. The lowest BCUT2D eigenvalue weighted by molar-refractivity contribution is -0.146. The van der Waals surface area contributed by atoms with Gasteiger partial charge in [0.1, 0.15) is 5.75 Å². The van der Waals surface area contributed by atoms with E-state index in [1.165, 1.54) is 6.07 Å². The minimum absolute atomic E-state index is 0.0557. The number of benzene rings is 2. The number of hydrogen-bond donors (Lipinski definition) is 3. The Bertz CT molecular complexity index is 1010. The Morgan fingerprint density at radius 2 is 1.78 bits per heavy atom. The highest BCUT2D eigenvalue weighted by Gasteiger charge is 2.23. The van der Waals surface area contributed by atoms with E-state index in [0.29, 0.717) is 17.4 Å². The molecule has 6 heteroatoms. The number of rotatable bonds is 6. The van der Waals surface area contributed by atoms with Crippen LogP contribution in [0.4, 0.5) is 0 Å². The van der Waals surface area contributed by atoms with Crippen molar-refractivity contribution >= 4 is 22.7 Å². The Morgan fingerprint density at radius 1 is 1.11 bits per heavy atom. The maximum atomic E-state index is 12.6. The average molecular weight is 367 g/mol. The van der Waals surface area contributed by atoms with Crippen LogP contribution in [0.2, 0.25) is 0 Å². The number of aromatic hydroxyl groups is 1. The molecule has 0 saturated heterocycles. The summed E-state index contributed by atoms with van der Waals surface area (Å²) < 4.78 is 1.85. The van der Waals surface area contributed by atoms with Gasteiger partial charge in [0.05, 0.1) is 10.9 Å². The quantitative estimate of drug-likeness (QED) is 0.582. The van der Waals surface area contributed by atoms with Gasteiger partial charge in [-0.2, -0.15) is 0 Å². The van der Waals surface area contributed by atoms with Crippen LogP contribution < -0.4 is 0 Å². The molecule has 3 N–H and O–H groups in total. The molecule has 0 aliphatic rings. The first-order valence-corrected chi connectivity index (χ1v) is 8.58. The van der Waals surface area contributed by atoms with Crippen LogP contribution in [0.5, 0.6) is 5.75 Å². The number of aliphatic hydroxyl groups excluding tert-OH is 1. The van der Waals surface area contributed by atoms with Crippen LogP contribution in [0, 0.1) is 13.8 Å². The summed E-state index contributed by atoms with van der Waals surface area (Å²) in [6.45, 7) is 4.52. The summed E-state index contributed by atoms with van der Waals surface area (Å²) in [5.41, 5.74) is 4.18. The van der Waals surface area contributed by atoms with Crippen molar-refractivity contribution in [2.24, 2.45) is 0 Å². The van der Waals surface area contributed by atoms with Gasteiger partial charge in [-0.1, -0.05) is 35.4 Å². The van der Waals surface area contributed by atoms with Crippen molar-refractivity contribution in [1.29, 1.82) is 0 Å². The van der Waals surface area contributed by atoms with E-state index < -0.39 is 24.3 Å². The molecule has 3 rings (SSSR count). The summed E-state index contributed by atoms with van der Waals surface area (Å²) in [6, 6.07) is 11.1. The third kappa shape index (κ3) is 3.85. The first-order chi connectivity index (χ1) is 12.8. The predicted octanol–water partition coefficient (Wildman–Crippen LogP) is 3.03. The van der Waals surface area contributed by atoms with Gasteiger partial charge < -0.3 is 19.9 Å². The van der Waals surface area contributed by atoms with Gasteiger partial charge in [0.15, 0.2) is 11.9 Å². The van der Waals surface area contributed by atoms with Gasteiger partial charge in [-0.3, -0.25) is 4.79 Å². The van der Waals surface area contributed by atoms with Crippen molar-refractivity contribution in [2.45, 2.75) is 32.9 Å². The van der Waals surface area contributed by atoms with Crippen molar-refractivity contribution in [3.8, 4) is 5.75 Å². The van der Waals surface area contributed by atoms with Crippen LogP contribution in [-0.4, -0.2) is 37.7 Å². The first kappa shape index (κ1) is 18.7. The third-order valence-electron chi connectivity index (χ3n) is 4.48. The number of fused-ring (bicyclic) bond motifs is 1. The van der Waals surface area contributed by atoms with Crippen LogP contribution in [0.15, 0.2) is 42.6 Å². The van der Waals surface area contributed by atoms with Crippen molar-refractivity contribution in [3.05, 3.63) is 64.8 Å². The van der Waals surface area contributed by atoms with Crippen LogP contribution in [0.1, 0.15) is 33.5 Å². The number of carboxylic acids is 1. The fourth-order valence-corrected chi connectivity index (χ4v) is 3.41. The highest BCUT2D eigenvalue weighted by atomic mass is 16.4. The Kier molecular flexibility index (Phi) is 5.01. The van der Waals surface area contributed by atoms with Crippen LogP contribution in [-0.2, 0) is 11.3 Å². The Labute approximate surface area is 156 Å². The first-order valence-electron chi connectivity index (χ1n) is 8.58. The molecule has 6 nitrogen and oxygen atoms in total. The van der Waals surface area contributed by atoms with E-state index in [-0.39, 0.29) is 11.3 Å². The Hall–Kier alpha value is -3.12. The smallest absolute Gasteiger partial charge is 0.332 e. The second-order valence-electron chi connectivity index (χ2n) is 6.82. The van der Waals surface area contributed by atoms with Crippen LogP contribution >= 0.6 is 0 Å². The number of phenols is 1. The number of aliphatic hydroxyl groups is 1. The fraction of sp³-hybridized carbons (Fsp3) is 0.238. The van der Waals surface area contributed by atoms with Gasteiger partial charge >= 0.3 is 5.97 Å². The molecule has 0 spiro atoms. The number of nitrogens with zero attached hydrogens (tertiary/aromatic N) is 1. The Morgan fingerprint density at radius 3 is 2.41 bits per heavy atom. The zero-order chi connectivity index (χ0) is 19.7. The van der Waals surface area contributed by atoms with E-state index in [0.717, 1.165) is 16.7 Å². The monoisotopic (exact) mass is 367 g/mol. The van der Waals surface area contributed by atoms with Gasteiger partial charge in [-0.05, 0) is 31.5 Å². The van der Waals surface area contributed by atoms with Crippen molar-refractivity contribution in [3.63, 3.8) is 0 Å². The number of aryl methyl sites for hydroxylation is 2. The number of ketones is 1. The SMILES string of the molecule is Cc1cc(C)cc(Cn2cc(C(=O)CC(O)C(=O)O)c3c(O)cccc32)c1. The van der Waals surface area contributed by atoms with E-state index in [1.54, 1.807) is 18.3 Å². The topological polar surface area (TPSA) is 99.8 Å². The van der Waals surface area contributed by atoms with E-state index in [9.17, 15) is 19.8 Å². The number of hydrogen-bond acceptors (Lipinski definition) is 4. The standard InChI is InChI=1S/C21H21NO5/c1-12-6-13(2)8-14(7-12)10-22-11-15(18(24)9-19(25)21(26)27)20-16(22)4-3-5-17(20)23/h3-8,11,19,23,25H,9-10H2,1-2H3,(H,26,27). The summed E-state index contributed by atoms with van der Waals surface area (Å²) in [4.78, 5) is 23.4. The molecule has 0 saturated carbocycles. The summed E-state index contributed by atoms with van der Waals surface area (Å²) in [5.74, 6) is -2.04. The number of carbonyl (C=O) groups excluding carboxylic acids is 1. The van der Waals surface area contributed by atoms with E-state index >= 15 is 0 Å². The van der Waals surface area contributed by atoms with Crippen LogP contribution in [0.25, 0.3) is 10.9 Å². The van der Waals surface area contributed by atoms with Gasteiger partial charge in [0.2, 0.25) is 0 Å². The molecule has 1 heterocycles. The number of Topliss-reactive ketones (excluding diaryl/α,β-unsaturated/α-hetero) is 1. The molecule has 1 atom stereocenters. The van der Waals surface area contributed by atoms with E-state index in [4.69, 9.17) is 5.11 Å². The lowest BCUT2D eigenvalue weighted by atomic mass is 10.0. The van der Waals surface area contributed by atoms with Gasteiger partial charge in [-0.15, -0.1) is 0 Å². The van der Waals surface area contributed by atoms with E-state index in [1.807, 2.05) is 18.4 Å². The molecule has 0 amide bonds. The molecular formula is C21H21NO5. The zero-order valence-corrected chi connectivity index (χ0v) is 15.1. The number of carbonyl (C=O) groups is 2. The second kappa shape index (κ2) is 7.25. The zero-order valence-electron chi connectivity index (χ0n) is 15.1. The average Bonchev–Trinajstić information content (AvgIpc) is 2.94. The van der Waals surface area contributed by atoms with E-state index in [2.05, 4.69) is 18.2 Å². The van der Waals surface area contributed by atoms with Crippen molar-refractivity contribution in [1.82, 2.24) is 4.57 Å². The minimum Gasteiger partial charge on any atom is -0.507 e. The molecule has 1 aromatic heterocycles. The number of carboxylic acid groups (broad SMARTS) is 1. The normalized spacial score (nSPS) is 12.3. The summed E-state index contributed by atoms with van der Waals surface area (Å²) in [5, 5.41) is 29.0. The molecule has 0 bridgehead atoms. The Balaban J connectivity index is 2.05. The second-order valence-corrected chi connectivity index (χ2v) is 6.82. The molecule has 140 valence electrons. The van der Waals surface area contributed by atoms with Gasteiger partial charge in [0, 0.05) is 24.7 Å². The summed E-state index contributed by atoms with van der Waals surface area (Å²) in [7, 11) is 0. The van der Waals surface area contributed by atoms with Crippen LogP contribution in [0.3, 0.4) is 0 Å². The lowest BCUT2D eigenvalue weighted by Gasteiger charge is -2.08. The predicted molar refractivity (Wildman–Crippen MR) is 101 cm³/mol. The molecular weight excluding hydrogens is 346 g/mol. The lowest BCUT2D eigenvalue weighted by Crippen LogP contribution is -2.23. The van der Waals surface area contributed by atoms with Crippen molar-refractivity contribution in [2.75, 3.05) is 0 Å². The molecule has 0 fully saturated rings. The minimum atomic E-state index is -1.78. The highest BCUT2D eigenvalue weighted by Crippen LogP contribution is 2.31. The molecule has 3 aromatic rings. The van der Waals surface area contributed by atoms with Crippen molar-refractivity contribution < 1.29 is 24.9 Å². The number of aromatic nitrogens is 1. The highest BCUT2D eigenvalue weighted by molar-refractivity contribution is 6.11. The maximum absolute atomic E-state index is 12.6. The molecule has 27 heavy (non-hydrogen) atoms. The molecule has 0 aliphatic carbocycles. The molecule has 2 aromatic carbocycles.